The van der Waals surface area contributed by atoms with Crippen LogP contribution in [0, 0.1) is 0 Å². The van der Waals surface area contributed by atoms with E-state index < -0.39 is 0 Å². The van der Waals surface area contributed by atoms with Gasteiger partial charge in [-0.2, -0.15) is 0 Å². The first kappa shape index (κ1) is 7.82. The molecule has 54 valence electrons. The Kier molecular flexibility index (Phi) is 2.51. The van der Waals surface area contributed by atoms with Crippen molar-refractivity contribution < 1.29 is 0 Å². The molecule has 1 heterocycles. The Morgan fingerprint density at radius 3 is 2.80 bits per heavy atom. The molecular weight excluding hydrogens is 215 g/mol. The first-order chi connectivity index (χ1) is 4.72. The number of alkyl halides is 1. The third-order valence-corrected chi connectivity index (χ3v) is 1.74. The van der Waals surface area contributed by atoms with Crippen LogP contribution in [0.3, 0.4) is 0 Å². The lowest BCUT2D eigenvalue weighted by atomic mass is 10.3. The Hall–Kier alpha value is -0.280. The van der Waals surface area contributed by atoms with Crippen molar-refractivity contribution in [3.63, 3.8) is 0 Å². The molecule has 4 heteroatoms. The second kappa shape index (κ2) is 3.21. The highest BCUT2D eigenvalue weighted by Crippen LogP contribution is 2.13. The van der Waals surface area contributed by atoms with Gasteiger partial charge in [-0.15, -0.1) is 11.6 Å². The summed E-state index contributed by atoms with van der Waals surface area (Å²) in [6.07, 6.45) is 0. The second-order valence-corrected chi connectivity index (χ2v) is 2.94. The molecule has 0 aliphatic rings. The van der Waals surface area contributed by atoms with Crippen LogP contribution in [-0.4, -0.2) is 4.98 Å². The van der Waals surface area contributed by atoms with Gasteiger partial charge in [0.05, 0.1) is 0 Å². The molecule has 10 heavy (non-hydrogen) atoms. The van der Waals surface area contributed by atoms with E-state index in [1.54, 1.807) is 6.07 Å². The molecule has 0 fully saturated rings. The van der Waals surface area contributed by atoms with Gasteiger partial charge in [-0.1, -0.05) is 0 Å². The number of nitrogen functional groups attached to an aromatic ring is 1. The molecule has 0 saturated heterocycles. The summed E-state index contributed by atoms with van der Waals surface area (Å²) in [5.74, 6) is 0.954. The summed E-state index contributed by atoms with van der Waals surface area (Å²) in [5.41, 5.74) is 6.41. The average Bonchev–Trinajstić information content (AvgIpc) is 1.85. The number of nitrogens with zero attached hydrogens (tertiary/aromatic N) is 1. The van der Waals surface area contributed by atoms with Crippen molar-refractivity contribution in [3.8, 4) is 0 Å². The van der Waals surface area contributed by atoms with Crippen molar-refractivity contribution >= 4 is 33.3 Å². The van der Waals surface area contributed by atoms with E-state index in [2.05, 4.69) is 20.9 Å². The average molecular weight is 221 g/mol. The number of halogens is 2. The Labute approximate surface area is 72.5 Å². The molecule has 0 aliphatic carbocycles. The smallest absolute Gasteiger partial charge is 0.124 e. The van der Waals surface area contributed by atoms with E-state index >= 15 is 0 Å². The van der Waals surface area contributed by atoms with Crippen LogP contribution in [0.5, 0.6) is 0 Å². The van der Waals surface area contributed by atoms with Gasteiger partial charge < -0.3 is 5.73 Å². The highest BCUT2D eigenvalue weighted by atomic mass is 79.9. The van der Waals surface area contributed by atoms with Crippen molar-refractivity contribution in [3.05, 3.63) is 22.3 Å². The summed E-state index contributed by atoms with van der Waals surface area (Å²) in [4.78, 5) is 3.92. The fourth-order valence-electron chi connectivity index (χ4n) is 0.650. The number of nitrogens with two attached hydrogens (primary N) is 1. The van der Waals surface area contributed by atoms with Crippen molar-refractivity contribution in [2.24, 2.45) is 0 Å². The van der Waals surface area contributed by atoms with Crippen molar-refractivity contribution in [2.75, 3.05) is 5.73 Å². The minimum atomic E-state index is 0.464. The van der Waals surface area contributed by atoms with Gasteiger partial charge in [0.25, 0.3) is 0 Å². The summed E-state index contributed by atoms with van der Waals surface area (Å²) in [6, 6.07) is 3.58. The van der Waals surface area contributed by atoms with E-state index in [4.69, 9.17) is 17.3 Å². The molecule has 1 rings (SSSR count). The molecule has 0 atom stereocenters. The number of rotatable bonds is 1. The number of hydrogen-bond donors (Lipinski definition) is 1. The van der Waals surface area contributed by atoms with E-state index in [9.17, 15) is 0 Å². The topological polar surface area (TPSA) is 38.9 Å². The summed E-state index contributed by atoms with van der Waals surface area (Å²) in [7, 11) is 0. The van der Waals surface area contributed by atoms with E-state index in [0.29, 0.717) is 11.7 Å². The van der Waals surface area contributed by atoms with Crippen molar-refractivity contribution in [2.45, 2.75) is 5.88 Å². The molecule has 1 aromatic heterocycles. The van der Waals surface area contributed by atoms with Crippen LogP contribution in [-0.2, 0) is 5.88 Å². The van der Waals surface area contributed by atoms with Crippen LogP contribution < -0.4 is 5.73 Å². The Balaban J connectivity index is 3.06. The zero-order chi connectivity index (χ0) is 7.56. The number of aromatic nitrogens is 1. The summed E-state index contributed by atoms with van der Waals surface area (Å²) in [6.45, 7) is 0. The predicted octanol–water partition coefficient (Wildman–Crippen LogP) is 2.17. The Morgan fingerprint density at radius 2 is 2.30 bits per heavy atom. The molecular formula is C6H6BrClN2. The molecule has 2 nitrogen and oxygen atoms in total. The normalized spacial score (nSPS) is 9.80. The van der Waals surface area contributed by atoms with Crippen LogP contribution in [0.15, 0.2) is 16.7 Å². The van der Waals surface area contributed by atoms with Crippen molar-refractivity contribution in [1.82, 2.24) is 4.98 Å². The third-order valence-electron chi connectivity index (χ3n) is 1.03. The van der Waals surface area contributed by atoms with Gasteiger partial charge in [-0.3, -0.25) is 0 Å². The molecule has 0 bridgehead atoms. The monoisotopic (exact) mass is 220 g/mol. The largest absolute Gasteiger partial charge is 0.384 e. The molecule has 2 N–H and O–H groups in total. The zero-order valence-electron chi connectivity index (χ0n) is 5.14. The molecule has 0 amide bonds. The van der Waals surface area contributed by atoms with Crippen LogP contribution >= 0.6 is 27.5 Å². The van der Waals surface area contributed by atoms with Gasteiger partial charge in [-0.05, 0) is 33.6 Å². The Bertz CT molecular complexity index is 219. The lowest BCUT2D eigenvalue weighted by Gasteiger charge is -1.97. The maximum atomic E-state index is 5.57. The molecule has 0 aliphatic heterocycles. The highest BCUT2D eigenvalue weighted by molar-refractivity contribution is 9.10. The predicted molar refractivity (Wildman–Crippen MR) is 45.9 cm³/mol. The first-order valence-electron chi connectivity index (χ1n) is 2.70. The molecule has 0 radical (unpaired) electrons. The zero-order valence-corrected chi connectivity index (χ0v) is 7.48. The Morgan fingerprint density at radius 1 is 1.60 bits per heavy atom. The number of anilines is 1. The minimum Gasteiger partial charge on any atom is -0.384 e. The first-order valence-corrected chi connectivity index (χ1v) is 4.03. The van der Waals surface area contributed by atoms with Gasteiger partial charge in [0, 0.05) is 5.88 Å². The maximum absolute atomic E-state index is 5.57. The molecule has 0 spiro atoms. The van der Waals surface area contributed by atoms with Gasteiger partial charge in [0.15, 0.2) is 0 Å². The fourth-order valence-corrected chi connectivity index (χ4v) is 1.30. The van der Waals surface area contributed by atoms with E-state index in [1.807, 2.05) is 6.07 Å². The lowest BCUT2D eigenvalue weighted by molar-refractivity contribution is 1.24. The van der Waals surface area contributed by atoms with E-state index in [1.165, 1.54) is 0 Å². The summed E-state index contributed by atoms with van der Waals surface area (Å²) in [5, 5.41) is 0. The quantitative estimate of drug-likeness (QED) is 0.583. The summed E-state index contributed by atoms with van der Waals surface area (Å²) >= 11 is 8.77. The molecule has 0 aromatic carbocycles. The second-order valence-electron chi connectivity index (χ2n) is 1.86. The number of pyridine rings is 1. The van der Waals surface area contributed by atoms with Crippen LogP contribution in [0.25, 0.3) is 0 Å². The fraction of sp³-hybridized carbons (Fsp3) is 0.167. The van der Waals surface area contributed by atoms with Crippen LogP contribution in [0.2, 0.25) is 0 Å². The standard InChI is InChI=1S/C6H6BrClN2/c7-5-1-4(3-8)2-6(9)10-5/h1-2H,3H2,(H2,9,10). The molecule has 0 saturated carbocycles. The lowest BCUT2D eigenvalue weighted by Crippen LogP contribution is -1.91. The third kappa shape index (κ3) is 1.85. The van der Waals surface area contributed by atoms with E-state index in [-0.39, 0.29) is 0 Å². The highest BCUT2D eigenvalue weighted by Gasteiger charge is 1.95. The van der Waals surface area contributed by atoms with Crippen LogP contribution in [0.1, 0.15) is 5.56 Å². The molecule has 1 aromatic rings. The maximum Gasteiger partial charge on any atom is 0.124 e. The van der Waals surface area contributed by atoms with Gasteiger partial charge >= 0.3 is 0 Å². The minimum absolute atomic E-state index is 0.464. The van der Waals surface area contributed by atoms with Crippen molar-refractivity contribution in [1.29, 1.82) is 0 Å². The number of hydrogen-bond acceptors (Lipinski definition) is 2. The molecule has 0 unspecified atom stereocenters. The van der Waals surface area contributed by atoms with E-state index in [0.717, 1.165) is 10.2 Å². The van der Waals surface area contributed by atoms with Gasteiger partial charge in [-0.25, -0.2) is 4.98 Å². The van der Waals surface area contributed by atoms with Gasteiger partial charge in [0.1, 0.15) is 10.4 Å². The summed E-state index contributed by atoms with van der Waals surface area (Å²) < 4.78 is 0.725. The SMILES string of the molecule is Nc1cc(CCl)cc(Br)n1. The van der Waals surface area contributed by atoms with Gasteiger partial charge in [0.2, 0.25) is 0 Å². The van der Waals surface area contributed by atoms with Crippen LogP contribution in [0.4, 0.5) is 5.82 Å².